The Morgan fingerprint density at radius 3 is 2.47 bits per heavy atom. The van der Waals surface area contributed by atoms with Crippen molar-refractivity contribution in [2.45, 2.75) is 6.10 Å². The van der Waals surface area contributed by atoms with Gasteiger partial charge in [-0.05, 0) is 39.7 Å². The largest absolute Gasteiger partial charge is 0.457 e. The Labute approximate surface area is 127 Å². The lowest BCUT2D eigenvalue weighted by Crippen LogP contribution is -1.96. The summed E-state index contributed by atoms with van der Waals surface area (Å²) < 4.78 is 7.58. The summed E-state index contributed by atoms with van der Waals surface area (Å²) in [6, 6.07) is 15.2. The Hall–Kier alpha value is -1.10. The summed E-state index contributed by atoms with van der Waals surface area (Å²) in [5.74, 6) is 0.542. The Bertz CT molecular complexity index is 720. The molecule has 19 heavy (non-hydrogen) atoms. The van der Waals surface area contributed by atoms with Crippen molar-refractivity contribution in [1.82, 2.24) is 0 Å². The van der Waals surface area contributed by atoms with Crippen molar-refractivity contribution in [3.8, 4) is 0 Å². The zero-order chi connectivity index (χ0) is 13.4. The second kappa shape index (κ2) is 5.12. The monoisotopic (exact) mass is 380 g/mol. The molecule has 0 unspecified atom stereocenters. The summed E-state index contributed by atoms with van der Waals surface area (Å²) in [6.07, 6.45) is -0.751. The van der Waals surface area contributed by atoms with Gasteiger partial charge in [-0.15, -0.1) is 0 Å². The maximum Gasteiger partial charge on any atom is 0.148 e. The van der Waals surface area contributed by atoms with E-state index in [2.05, 4.69) is 31.9 Å². The number of hydrogen-bond donors (Lipinski definition) is 1. The highest BCUT2D eigenvalue weighted by molar-refractivity contribution is 9.11. The lowest BCUT2D eigenvalue weighted by molar-refractivity contribution is 0.192. The summed E-state index contributed by atoms with van der Waals surface area (Å²) in [6.45, 7) is 0. The summed E-state index contributed by atoms with van der Waals surface area (Å²) in [7, 11) is 0. The van der Waals surface area contributed by atoms with Gasteiger partial charge in [0.2, 0.25) is 0 Å². The molecule has 3 rings (SSSR count). The highest BCUT2D eigenvalue weighted by Gasteiger charge is 2.16. The van der Waals surface area contributed by atoms with Gasteiger partial charge in [0.05, 0.1) is 4.47 Å². The molecule has 1 atom stereocenters. The zero-order valence-corrected chi connectivity index (χ0v) is 13.0. The second-order valence-corrected chi connectivity index (χ2v) is 6.04. The average molecular weight is 382 g/mol. The molecule has 1 heterocycles. The molecule has 0 amide bonds. The Balaban J connectivity index is 2.09. The van der Waals surface area contributed by atoms with E-state index in [-0.39, 0.29) is 0 Å². The van der Waals surface area contributed by atoms with Crippen LogP contribution in [0.15, 0.2) is 61.9 Å². The van der Waals surface area contributed by atoms with E-state index in [1.54, 1.807) is 0 Å². The van der Waals surface area contributed by atoms with Crippen LogP contribution < -0.4 is 0 Å². The fourth-order valence-electron chi connectivity index (χ4n) is 2.03. The number of halogens is 2. The van der Waals surface area contributed by atoms with Crippen molar-refractivity contribution in [3.05, 3.63) is 68.8 Å². The lowest BCUT2D eigenvalue weighted by atomic mass is 10.1. The van der Waals surface area contributed by atoms with Crippen LogP contribution >= 0.6 is 31.9 Å². The first-order valence-electron chi connectivity index (χ1n) is 5.76. The lowest BCUT2D eigenvalue weighted by Gasteiger charge is -2.06. The molecule has 0 saturated carbocycles. The maximum atomic E-state index is 10.3. The van der Waals surface area contributed by atoms with Crippen LogP contribution in [0.5, 0.6) is 0 Å². The second-order valence-electron chi connectivity index (χ2n) is 4.27. The molecule has 0 saturated heterocycles. The van der Waals surface area contributed by atoms with Crippen LogP contribution in [0.1, 0.15) is 17.4 Å². The van der Waals surface area contributed by atoms with Gasteiger partial charge in [-0.3, -0.25) is 0 Å². The molecular formula is C15H10Br2O2. The summed E-state index contributed by atoms with van der Waals surface area (Å²) in [5, 5.41) is 11.3. The van der Waals surface area contributed by atoms with E-state index < -0.39 is 6.10 Å². The quantitative estimate of drug-likeness (QED) is 0.674. The van der Waals surface area contributed by atoms with E-state index in [1.807, 2.05) is 48.5 Å². The fraction of sp³-hybridized carbons (Fsp3) is 0.0667. The van der Waals surface area contributed by atoms with Crippen LogP contribution in [-0.4, -0.2) is 5.11 Å². The highest BCUT2D eigenvalue weighted by atomic mass is 79.9. The molecule has 0 aliphatic rings. The fourth-order valence-corrected chi connectivity index (χ4v) is 3.37. The van der Waals surface area contributed by atoms with Crippen LogP contribution in [-0.2, 0) is 0 Å². The first-order valence-corrected chi connectivity index (χ1v) is 7.35. The van der Waals surface area contributed by atoms with Gasteiger partial charge in [0, 0.05) is 9.86 Å². The number of rotatable bonds is 2. The normalized spacial score (nSPS) is 12.8. The average Bonchev–Trinajstić information content (AvgIpc) is 2.83. The third-order valence-corrected chi connectivity index (χ3v) is 3.99. The molecular weight excluding hydrogens is 372 g/mol. The van der Waals surface area contributed by atoms with Gasteiger partial charge in [0.25, 0.3) is 0 Å². The standard InChI is InChI=1S/C15H10Br2O2/c16-11-6-10-7-13(19-15(10)12(17)8-11)14(18)9-4-2-1-3-5-9/h1-8,14,18H/t14-/m1/s1. The van der Waals surface area contributed by atoms with Crippen molar-refractivity contribution >= 4 is 42.8 Å². The number of benzene rings is 2. The molecule has 0 aliphatic heterocycles. The van der Waals surface area contributed by atoms with E-state index in [1.165, 1.54) is 0 Å². The van der Waals surface area contributed by atoms with Crippen molar-refractivity contribution in [3.63, 3.8) is 0 Å². The molecule has 0 bridgehead atoms. The van der Waals surface area contributed by atoms with Crippen molar-refractivity contribution < 1.29 is 9.52 Å². The first kappa shape index (κ1) is 12.9. The van der Waals surface area contributed by atoms with Gasteiger partial charge in [-0.25, -0.2) is 0 Å². The third kappa shape index (κ3) is 2.48. The minimum absolute atomic E-state index is 0.542. The Morgan fingerprint density at radius 1 is 1.00 bits per heavy atom. The summed E-state index contributed by atoms with van der Waals surface area (Å²) >= 11 is 6.90. The molecule has 1 aromatic heterocycles. The van der Waals surface area contributed by atoms with Gasteiger partial charge in [-0.1, -0.05) is 46.3 Å². The smallest absolute Gasteiger partial charge is 0.148 e. The van der Waals surface area contributed by atoms with Crippen molar-refractivity contribution in [2.24, 2.45) is 0 Å². The summed E-state index contributed by atoms with van der Waals surface area (Å²) in [4.78, 5) is 0. The van der Waals surface area contributed by atoms with Crippen LogP contribution in [0.3, 0.4) is 0 Å². The van der Waals surface area contributed by atoms with Crippen LogP contribution in [0.4, 0.5) is 0 Å². The van der Waals surface area contributed by atoms with Crippen LogP contribution in [0, 0.1) is 0 Å². The van der Waals surface area contributed by atoms with Gasteiger partial charge >= 0.3 is 0 Å². The van der Waals surface area contributed by atoms with E-state index >= 15 is 0 Å². The summed E-state index contributed by atoms with van der Waals surface area (Å²) in [5.41, 5.74) is 1.56. The van der Waals surface area contributed by atoms with Crippen LogP contribution in [0.25, 0.3) is 11.0 Å². The maximum absolute atomic E-state index is 10.3. The first-order chi connectivity index (χ1) is 9.15. The SMILES string of the molecule is O[C@H](c1ccccc1)c1cc2cc(Br)cc(Br)c2o1. The predicted octanol–water partition coefficient (Wildman–Crippen LogP) is 5.04. The molecule has 4 heteroatoms. The minimum atomic E-state index is -0.751. The number of aliphatic hydroxyl groups excluding tert-OH is 1. The van der Waals surface area contributed by atoms with E-state index in [4.69, 9.17) is 4.42 Å². The third-order valence-electron chi connectivity index (χ3n) is 2.94. The molecule has 2 aromatic carbocycles. The number of furan rings is 1. The van der Waals surface area contributed by atoms with E-state index in [0.29, 0.717) is 5.76 Å². The number of fused-ring (bicyclic) bond motifs is 1. The minimum Gasteiger partial charge on any atom is -0.457 e. The number of hydrogen-bond acceptors (Lipinski definition) is 2. The molecule has 3 aromatic rings. The van der Waals surface area contributed by atoms with E-state index in [9.17, 15) is 5.11 Å². The van der Waals surface area contributed by atoms with Gasteiger partial charge in [0.15, 0.2) is 0 Å². The van der Waals surface area contributed by atoms with Crippen molar-refractivity contribution in [2.75, 3.05) is 0 Å². The van der Waals surface area contributed by atoms with Crippen LogP contribution in [0.2, 0.25) is 0 Å². The zero-order valence-electron chi connectivity index (χ0n) is 9.81. The molecule has 0 radical (unpaired) electrons. The Kier molecular flexibility index (Phi) is 3.48. The highest BCUT2D eigenvalue weighted by Crippen LogP contribution is 2.34. The molecule has 1 N–H and O–H groups in total. The molecule has 0 fully saturated rings. The predicted molar refractivity (Wildman–Crippen MR) is 82.1 cm³/mol. The topological polar surface area (TPSA) is 33.4 Å². The van der Waals surface area contributed by atoms with Gasteiger partial charge in [0.1, 0.15) is 17.4 Å². The van der Waals surface area contributed by atoms with Gasteiger partial charge < -0.3 is 9.52 Å². The number of aliphatic hydroxyl groups is 1. The molecule has 2 nitrogen and oxygen atoms in total. The van der Waals surface area contributed by atoms with Crippen molar-refractivity contribution in [1.29, 1.82) is 0 Å². The van der Waals surface area contributed by atoms with Gasteiger partial charge in [-0.2, -0.15) is 0 Å². The van der Waals surface area contributed by atoms with E-state index in [0.717, 1.165) is 25.5 Å². The molecule has 0 spiro atoms. The Morgan fingerprint density at radius 2 is 1.74 bits per heavy atom. The molecule has 96 valence electrons. The molecule has 0 aliphatic carbocycles.